The highest BCUT2D eigenvalue weighted by Crippen LogP contribution is 2.44. The molecule has 0 aromatic heterocycles. The standard InChI is InChI=1S/C13H25N/c1-2-14-10-12-8-9-13(12)11-6-4-3-5-7-11/h11-14H,2-10H2,1H3. The van der Waals surface area contributed by atoms with Crippen molar-refractivity contribution >= 4 is 0 Å². The Kier molecular flexibility index (Phi) is 3.86. The minimum absolute atomic E-state index is 1.03. The minimum atomic E-state index is 1.03. The summed E-state index contributed by atoms with van der Waals surface area (Å²) in [6.45, 7) is 4.65. The molecule has 2 aliphatic rings. The molecule has 0 aliphatic heterocycles. The summed E-state index contributed by atoms with van der Waals surface area (Å²) in [4.78, 5) is 0. The Morgan fingerprint density at radius 1 is 1.00 bits per heavy atom. The van der Waals surface area contributed by atoms with Gasteiger partial charge < -0.3 is 5.32 Å². The zero-order valence-corrected chi connectivity index (χ0v) is 9.60. The third-order valence-electron chi connectivity index (χ3n) is 4.39. The second kappa shape index (κ2) is 5.16. The Balaban J connectivity index is 1.73. The van der Waals surface area contributed by atoms with Crippen LogP contribution in [0.1, 0.15) is 51.9 Å². The van der Waals surface area contributed by atoms with Gasteiger partial charge in [0.05, 0.1) is 0 Å². The summed E-state index contributed by atoms with van der Waals surface area (Å²) in [5, 5.41) is 3.52. The molecule has 0 aromatic rings. The van der Waals surface area contributed by atoms with Crippen LogP contribution in [0, 0.1) is 17.8 Å². The molecule has 0 radical (unpaired) electrons. The molecule has 82 valence electrons. The molecule has 2 aliphatic carbocycles. The molecule has 2 rings (SSSR count). The highest BCUT2D eigenvalue weighted by Gasteiger charge is 2.36. The predicted molar refractivity (Wildman–Crippen MR) is 61.3 cm³/mol. The van der Waals surface area contributed by atoms with Crippen LogP contribution in [0.2, 0.25) is 0 Å². The van der Waals surface area contributed by atoms with Crippen molar-refractivity contribution < 1.29 is 0 Å². The van der Waals surface area contributed by atoms with Crippen molar-refractivity contribution in [1.82, 2.24) is 5.32 Å². The van der Waals surface area contributed by atoms with Crippen molar-refractivity contribution in [3.05, 3.63) is 0 Å². The molecule has 2 fully saturated rings. The molecular weight excluding hydrogens is 170 g/mol. The molecule has 0 heterocycles. The van der Waals surface area contributed by atoms with Crippen molar-refractivity contribution in [1.29, 1.82) is 0 Å². The van der Waals surface area contributed by atoms with Gasteiger partial charge >= 0.3 is 0 Å². The zero-order valence-electron chi connectivity index (χ0n) is 9.60. The molecule has 0 spiro atoms. The summed E-state index contributed by atoms with van der Waals surface area (Å²) in [5.41, 5.74) is 0. The monoisotopic (exact) mass is 195 g/mol. The van der Waals surface area contributed by atoms with Crippen molar-refractivity contribution in [2.75, 3.05) is 13.1 Å². The van der Waals surface area contributed by atoms with Gasteiger partial charge in [0, 0.05) is 0 Å². The number of rotatable bonds is 4. The van der Waals surface area contributed by atoms with E-state index in [1.807, 2.05) is 0 Å². The fraction of sp³-hybridized carbons (Fsp3) is 1.00. The second-order valence-corrected chi connectivity index (χ2v) is 5.21. The number of nitrogens with one attached hydrogen (secondary N) is 1. The Hall–Kier alpha value is -0.0400. The Morgan fingerprint density at radius 3 is 2.36 bits per heavy atom. The topological polar surface area (TPSA) is 12.0 Å². The van der Waals surface area contributed by atoms with E-state index >= 15 is 0 Å². The van der Waals surface area contributed by atoms with Gasteiger partial charge in [-0.1, -0.05) is 39.0 Å². The lowest BCUT2D eigenvalue weighted by Gasteiger charge is -2.43. The van der Waals surface area contributed by atoms with Crippen molar-refractivity contribution in [2.24, 2.45) is 17.8 Å². The summed E-state index contributed by atoms with van der Waals surface area (Å²) in [5.74, 6) is 3.22. The highest BCUT2D eigenvalue weighted by atomic mass is 14.9. The molecule has 0 bridgehead atoms. The molecule has 1 nitrogen and oxygen atoms in total. The van der Waals surface area contributed by atoms with Gasteiger partial charge in [0.1, 0.15) is 0 Å². The first kappa shape index (κ1) is 10.5. The van der Waals surface area contributed by atoms with Gasteiger partial charge in [-0.15, -0.1) is 0 Å². The minimum Gasteiger partial charge on any atom is -0.317 e. The van der Waals surface area contributed by atoms with Crippen LogP contribution in [0.4, 0.5) is 0 Å². The Bertz CT molecular complexity index is 161. The van der Waals surface area contributed by atoms with E-state index < -0.39 is 0 Å². The van der Waals surface area contributed by atoms with Gasteiger partial charge in [-0.2, -0.15) is 0 Å². The van der Waals surface area contributed by atoms with Gasteiger partial charge in [0.25, 0.3) is 0 Å². The molecular formula is C13H25N. The van der Waals surface area contributed by atoms with Crippen LogP contribution in [0.25, 0.3) is 0 Å². The third kappa shape index (κ3) is 2.31. The third-order valence-corrected chi connectivity index (χ3v) is 4.39. The first-order valence-corrected chi connectivity index (χ1v) is 6.62. The maximum atomic E-state index is 3.52. The lowest BCUT2D eigenvalue weighted by Crippen LogP contribution is -2.39. The summed E-state index contributed by atoms with van der Waals surface area (Å²) < 4.78 is 0. The summed E-state index contributed by atoms with van der Waals surface area (Å²) in [6, 6.07) is 0. The molecule has 1 heteroatoms. The first-order valence-electron chi connectivity index (χ1n) is 6.62. The lowest BCUT2D eigenvalue weighted by atomic mass is 9.63. The highest BCUT2D eigenvalue weighted by molar-refractivity contribution is 4.88. The van der Waals surface area contributed by atoms with E-state index in [-0.39, 0.29) is 0 Å². The van der Waals surface area contributed by atoms with Crippen LogP contribution in [-0.2, 0) is 0 Å². The van der Waals surface area contributed by atoms with Gasteiger partial charge in [0.2, 0.25) is 0 Å². The zero-order chi connectivity index (χ0) is 9.80. The maximum absolute atomic E-state index is 3.52. The SMILES string of the molecule is CCNCC1CCC1C1CCCCC1. The largest absolute Gasteiger partial charge is 0.317 e. The molecule has 1 N–H and O–H groups in total. The Morgan fingerprint density at radius 2 is 1.79 bits per heavy atom. The van der Waals surface area contributed by atoms with Crippen molar-refractivity contribution in [2.45, 2.75) is 51.9 Å². The number of hydrogen-bond acceptors (Lipinski definition) is 1. The molecule has 2 saturated carbocycles. The van der Waals surface area contributed by atoms with Gasteiger partial charge in [0.15, 0.2) is 0 Å². The fourth-order valence-electron chi connectivity index (χ4n) is 3.36. The molecule has 2 atom stereocenters. The van der Waals surface area contributed by atoms with E-state index in [4.69, 9.17) is 0 Å². The molecule has 0 aromatic carbocycles. The Labute approximate surface area is 88.7 Å². The first-order chi connectivity index (χ1) is 6.92. The van der Waals surface area contributed by atoms with Crippen LogP contribution in [0.3, 0.4) is 0 Å². The smallest absolute Gasteiger partial charge is 0.00179 e. The molecule has 2 unspecified atom stereocenters. The average molecular weight is 195 g/mol. The van der Waals surface area contributed by atoms with Gasteiger partial charge in [-0.05, 0) is 43.7 Å². The van der Waals surface area contributed by atoms with E-state index in [1.165, 1.54) is 51.5 Å². The van der Waals surface area contributed by atoms with Crippen LogP contribution >= 0.6 is 0 Å². The second-order valence-electron chi connectivity index (χ2n) is 5.21. The fourth-order valence-corrected chi connectivity index (χ4v) is 3.36. The summed E-state index contributed by atoms with van der Waals surface area (Å²) in [7, 11) is 0. The molecule has 14 heavy (non-hydrogen) atoms. The van der Waals surface area contributed by atoms with Crippen LogP contribution in [0.5, 0.6) is 0 Å². The van der Waals surface area contributed by atoms with E-state index in [9.17, 15) is 0 Å². The van der Waals surface area contributed by atoms with Gasteiger partial charge in [-0.3, -0.25) is 0 Å². The van der Waals surface area contributed by atoms with E-state index in [0.29, 0.717) is 0 Å². The maximum Gasteiger partial charge on any atom is -0.00179 e. The predicted octanol–water partition coefficient (Wildman–Crippen LogP) is 3.20. The van der Waals surface area contributed by atoms with E-state index in [1.54, 1.807) is 0 Å². The van der Waals surface area contributed by atoms with E-state index in [2.05, 4.69) is 12.2 Å². The van der Waals surface area contributed by atoms with Crippen molar-refractivity contribution in [3.63, 3.8) is 0 Å². The molecule has 0 amide bonds. The van der Waals surface area contributed by atoms with E-state index in [0.717, 1.165) is 24.3 Å². The van der Waals surface area contributed by atoms with Crippen molar-refractivity contribution in [3.8, 4) is 0 Å². The normalized spacial score (nSPS) is 34.1. The number of hydrogen-bond donors (Lipinski definition) is 1. The summed E-state index contributed by atoms with van der Waals surface area (Å²) >= 11 is 0. The molecule has 0 saturated heterocycles. The van der Waals surface area contributed by atoms with Gasteiger partial charge in [-0.25, -0.2) is 0 Å². The van der Waals surface area contributed by atoms with Crippen LogP contribution in [0.15, 0.2) is 0 Å². The quantitative estimate of drug-likeness (QED) is 0.726. The summed E-state index contributed by atoms with van der Waals surface area (Å²) in [6.07, 6.45) is 10.6. The van der Waals surface area contributed by atoms with Crippen LogP contribution in [-0.4, -0.2) is 13.1 Å². The van der Waals surface area contributed by atoms with Crippen LogP contribution < -0.4 is 5.32 Å². The lowest BCUT2D eigenvalue weighted by molar-refractivity contribution is 0.0790. The average Bonchev–Trinajstić information content (AvgIpc) is 2.18.